The fourth-order valence-electron chi connectivity index (χ4n) is 4.98. The molecule has 0 aliphatic rings. The van der Waals surface area contributed by atoms with E-state index in [1.807, 2.05) is 0 Å². The molecule has 3 nitrogen and oxygen atoms in total. The molecule has 0 atom stereocenters. The maximum atomic E-state index is 6.68. The van der Waals surface area contributed by atoms with E-state index in [1.54, 1.807) is 0 Å². The summed E-state index contributed by atoms with van der Waals surface area (Å²) in [7, 11) is -1.26. The molecule has 4 heteroatoms. The number of rotatable bonds is 3. The van der Waals surface area contributed by atoms with Gasteiger partial charge in [0.15, 0.2) is 0 Å². The summed E-state index contributed by atoms with van der Waals surface area (Å²) in [6, 6.07) is 22.4. The Hall–Kier alpha value is -2.74. The third-order valence-corrected chi connectivity index (χ3v) is 8.99. The number of hydrogen-bond acceptors (Lipinski definition) is 3. The summed E-state index contributed by atoms with van der Waals surface area (Å²) < 4.78 is 15.6. The van der Waals surface area contributed by atoms with Crippen molar-refractivity contribution < 1.29 is 8.39 Å². The molecule has 188 valence electrons. The van der Waals surface area contributed by atoms with Crippen LogP contribution in [0.2, 0.25) is 0 Å². The van der Waals surface area contributed by atoms with Crippen LogP contribution in [0.3, 0.4) is 0 Å². The topological polar surface area (TPSA) is 29.5 Å². The average Bonchev–Trinajstić information content (AvgIpc) is 3.00. The zero-order chi connectivity index (χ0) is 25.8. The molecule has 0 amide bonds. The number of nitrogens with zero attached hydrogens (tertiary/aromatic N) is 1. The lowest BCUT2D eigenvalue weighted by Crippen LogP contribution is -2.17. The van der Waals surface area contributed by atoms with Gasteiger partial charge >= 0.3 is 8.16 Å². The zero-order valence-electron chi connectivity index (χ0n) is 22.9. The van der Waals surface area contributed by atoms with Crippen LogP contribution in [0, 0.1) is 0 Å². The summed E-state index contributed by atoms with van der Waals surface area (Å²) in [5.41, 5.74) is 4.64. The van der Waals surface area contributed by atoms with Gasteiger partial charge in [-0.3, -0.25) is 0 Å². The van der Waals surface area contributed by atoms with Crippen LogP contribution in [0.25, 0.3) is 43.5 Å². The fraction of sp³-hybridized carbons (Fsp3) is 0.375. The molecule has 0 saturated heterocycles. The van der Waals surface area contributed by atoms with Gasteiger partial charge in [0, 0.05) is 23.9 Å². The molecule has 4 aromatic carbocycles. The van der Waals surface area contributed by atoms with E-state index in [9.17, 15) is 0 Å². The predicted molar refractivity (Wildman–Crippen MR) is 158 cm³/mol. The summed E-state index contributed by atoms with van der Waals surface area (Å²) >= 11 is 0. The van der Waals surface area contributed by atoms with E-state index in [1.165, 1.54) is 32.7 Å². The standard InChI is InChI=1S/C32H38NO2P/c1-9-33(10-2)36-34-27-17-11-21-19-23(31(3,4)5)13-15-25(21)29(27)30-26-16-14-24(32(6,7)8)20-22(26)12-18-28(30)35-36/h11-20H,9-10H2,1-8H3. The maximum absolute atomic E-state index is 6.68. The van der Waals surface area contributed by atoms with Crippen LogP contribution in [0.4, 0.5) is 0 Å². The first-order valence-electron chi connectivity index (χ1n) is 13.1. The third kappa shape index (κ3) is 4.33. The van der Waals surface area contributed by atoms with Crippen molar-refractivity contribution in [2.45, 2.75) is 66.2 Å². The van der Waals surface area contributed by atoms with Crippen LogP contribution in [-0.4, -0.2) is 13.1 Å². The monoisotopic (exact) mass is 499 g/mol. The van der Waals surface area contributed by atoms with Gasteiger partial charge < -0.3 is 8.39 Å². The first kappa shape index (κ1) is 24.9. The minimum absolute atomic E-state index is 0.0889. The van der Waals surface area contributed by atoms with Gasteiger partial charge in [-0.25, -0.2) is 4.67 Å². The van der Waals surface area contributed by atoms with Gasteiger partial charge in [0.05, 0.1) is 0 Å². The Kier molecular flexibility index (Phi) is 6.22. The van der Waals surface area contributed by atoms with Gasteiger partial charge in [-0.15, -0.1) is 0 Å². The highest BCUT2D eigenvalue weighted by molar-refractivity contribution is 7.38. The van der Waals surface area contributed by atoms with E-state index in [0.717, 1.165) is 35.0 Å². The van der Waals surface area contributed by atoms with E-state index >= 15 is 0 Å². The molecule has 0 fully saturated rings. The molecule has 0 aliphatic heterocycles. The highest BCUT2D eigenvalue weighted by Crippen LogP contribution is 2.42. The molecule has 0 unspecified atom stereocenters. The Morgan fingerprint density at radius 1 is 0.611 bits per heavy atom. The van der Waals surface area contributed by atoms with E-state index in [2.05, 4.69) is 121 Å². The lowest BCUT2D eigenvalue weighted by molar-refractivity contribution is 0.591. The van der Waals surface area contributed by atoms with E-state index in [0.29, 0.717) is 0 Å². The van der Waals surface area contributed by atoms with Gasteiger partial charge in [-0.1, -0.05) is 104 Å². The molecule has 36 heavy (non-hydrogen) atoms. The van der Waals surface area contributed by atoms with Crippen molar-refractivity contribution in [2.24, 2.45) is 0 Å². The summed E-state index contributed by atoms with van der Waals surface area (Å²) in [4.78, 5) is 0. The van der Waals surface area contributed by atoms with Crippen molar-refractivity contribution in [3.05, 3.63) is 71.8 Å². The van der Waals surface area contributed by atoms with Crippen molar-refractivity contribution in [3.8, 4) is 0 Å². The van der Waals surface area contributed by atoms with Crippen LogP contribution in [0.1, 0.15) is 66.5 Å². The normalized spacial score (nSPS) is 12.9. The largest absolute Gasteiger partial charge is 0.408 e. The highest BCUT2D eigenvalue weighted by Gasteiger charge is 2.19. The van der Waals surface area contributed by atoms with Crippen molar-refractivity contribution in [1.82, 2.24) is 0 Å². The highest BCUT2D eigenvalue weighted by atomic mass is 31.1. The predicted octanol–water partition coefficient (Wildman–Crippen LogP) is 10.2. The molecule has 0 bridgehead atoms. The molecule has 1 aromatic heterocycles. The van der Waals surface area contributed by atoms with Crippen LogP contribution in [0.5, 0.6) is 0 Å². The van der Waals surface area contributed by atoms with E-state index < -0.39 is 8.16 Å². The Balaban J connectivity index is 1.99. The van der Waals surface area contributed by atoms with Gasteiger partial charge in [0.1, 0.15) is 11.2 Å². The summed E-state index contributed by atoms with van der Waals surface area (Å²) in [6.07, 6.45) is 0. The molecule has 0 saturated carbocycles. The van der Waals surface area contributed by atoms with E-state index in [4.69, 9.17) is 8.39 Å². The second-order valence-electron chi connectivity index (χ2n) is 11.8. The molecule has 5 rings (SSSR count). The van der Waals surface area contributed by atoms with Gasteiger partial charge in [0.25, 0.3) is 0 Å². The number of fused-ring (bicyclic) bond motifs is 7. The van der Waals surface area contributed by atoms with Crippen LogP contribution < -0.4 is 4.67 Å². The smallest absolute Gasteiger partial charge is 0.309 e. The van der Waals surface area contributed by atoms with Crippen LogP contribution in [-0.2, 0) is 10.8 Å². The molecule has 0 radical (unpaired) electrons. The molecular weight excluding hydrogens is 461 g/mol. The van der Waals surface area contributed by atoms with Crippen molar-refractivity contribution in [1.29, 1.82) is 0 Å². The quantitative estimate of drug-likeness (QED) is 0.247. The van der Waals surface area contributed by atoms with Gasteiger partial charge in [-0.2, -0.15) is 0 Å². The Bertz CT molecular complexity index is 1510. The van der Waals surface area contributed by atoms with Gasteiger partial charge in [0.2, 0.25) is 0 Å². The van der Waals surface area contributed by atoms with E-state index in [-0.39, 0.29) is 10.8 Å². The number of hydrogen-bond donors (Lipinski definition) is 0. The molecule has 1 heterocycles. The Morgan fingerprint density at radius 3 is 1.39 bits per heavy atom. The van der Waals surface area contributed by atoms with Crippen LogP contribution >= 0.6 is 8.16 Å². The lowest BCUT2D eigenvalue weighted by Gasteiger charge is -2.20. The average molecular weight is 500 g/mol. The molecule has 0 aliphatic carbocycles. The first-order valence-corrected chi connectivity index (χ1v) is 14.2. The Labute approximate surface area is 215 Å². The summed E-state index contributed by atoms with van der Waals surface area (Å²) in [5.74, 6) is 0. The molecule has 5 aromatic rings. The maximum Gasteiger partial charge on any atom is 0.309 e. The van der Waals surface area contributed by atoms with Gasteiger partial charge in [-0.05, 0) is 55.6 Å². The molecule has 0 spiro atoms. The first-order chi connectivity index (χ1) is 17.0. The molecule has 0 N–H and O–H groups in total. The molecular formula is C32H38NO2P. The number of benzene rings is 4. The summed E-state index contributed by atoms with van der Waals surface area (Å²) in [5, 5.41) is 7.13. The van der Waals surface area contributed by atoms with Crippen molar-refractivity contribution in [2.75, 3.05) is 17.8 Å². The SMILES string of the molecule is CCN(CC)p1oc2ccc3cc(C(C)(C)C)ccc3c2c2c(ccc3cc(C(C)(C)C)ccc32)o1. The zero-order valence-corrected chi connectivity index (χ0v) is 23.8. The third-order valence-electron chi connectivity index (χ3n) is 7.26. The Morgan fingerprint density at radius 2 is 1.03 bits per heavy atom. The fourth-order valence-corrected chi connectivity index (χ4v) is 6.35. The summed E-state index contributed by atoms with van der Waals surface area (Å²) in [6.45, 7) is 19.7. The van der Waals surface area contributed by atoms with Crippen molar-refractivity contribution >= 4 is 51.6 Å². The van der Waals surface area contributed by atoms with Crippen molar-refractivity contribution in [3.63, 3.8) is 0 Å². The minimum atomic E-state index is -1.26. The second kappa shape index (κ2) is 8.98. The minimum Gasteiger partial charge on any atom is -0.408 e. The second-order valence-corrected chi connectivity index (χ2v) is 13.2. The lowest BCUT2D eigenvalue weighted by atomic mass is 9.84. The van der Waals surface area contributed by atoms with Crippen LogP contribution in [0.15, 0.2) is 69.1 Å².